The Morgan fingerprint density at radius 2 is 1.37 bits per heavy atom. The third kappa shape index (κ3) is 15.4. The van der Waals surface area contributed by atoms with E-state index in [-0.39, 0.29) is 5.75 Å². The SMILES string of the molecule is CCCCCCCCCCCCOC(CN1CCCCCC1)CS(=O)(=O)O. The van der Waals surface area contributed by atoms with Crippen molar-refractivity contribution in [3.05, 3.63) is 0 Å². The summed E-state index contributed by atoms with van der Waals surface area (Å²) in [6, 6.07) is 0. The smallest absolute Gasteiger partial charge is 0.267 e. The molecule has 1 rings (SSSR count). The molecule has 0 aromatic heterocycles. The lowest BCUT2D eigenvalue weighted by molar-refractivity contribution is 0.0374. The molecule has 162 valence electrons. The van der Waals surface area contributed by atoms with Crippen molar-refractivity contribution in [3.63, 3.8) is 0 Å². The summed E-state index contributed by atoms with van der Waals surface area (Å²) < 4.78 is 37.7. The fraction of sp³-hybridized carbons (Fsp3) is 1.00. The average molecular weight is 406 g/mol. The highest BCUT2D eigenvalue weighted by Gasteiger charge is 2.21. The second-order valence-corrected chi connectivity index (χ2v) is 9.64. The largest absolute Gasteiger partial charge is 0.376 e. The van der Waals surface area contributed by atoms with Crippen molar-refractivity contribution in [2.45, 2.75) is 103 Å². The van der Waals surface area contributed by atoms with E-state index >= 15 is 0 Å². The first kappa shape index (κ1) is 24.9. The predicted molar refractivity (Wildman–Crippen MR) is 113 cm³/mol. The zero-order chi connectivity index (χ0) is 19.8. The van der Waals surface area contributed by atoms with Gasteiger partial charge in [-0.25, -0.2) is 0 Å². The van der Waals surface area contributed by atoms with Gasteiger partial charge in [-0.3, -0.25) is 4.55 Å². The van der Waals surface area contributed by atoms with E-state index < -0.39 is 16.2 Å². The topological polar surface area (TPSA) is 66.8 Å². The van der Waals surface area contributed by atoms with Gasteiger partial charge in [0.2, 0.25) is 0 Å². The summed E-state index contributed by atoms with van der Waals surface area (Å²) >= 11 is 0. The molecule has 0 aromatic carbocycles. The van der Waals surface area contributed by atoms with Crippen molar-refractivity contribution in [1.29, 1.82) is 0 Å². The van der Waals surface area contributed by atoms with Crippen LogP contribution in [-0.2, 0) is 14.9 Å². The molecule has 0 aliphatic carbocycles. The van der Waals surface area contributed by atoms with Gasteiger partial charge in [0.1, 0.15) is 5.75 Å². The predicted octanol–water partition coefficient (Wildman–Crippen LogP) is 5.06. The molecule has 0 aromatic rings. The second-order valence-electron chi connectivity index (χ2n) is 8.14. The highest BCUT2D eigenvalue weighted by Crippen LogP contribution is 2.13. The van der Waals surface area contributed by atoms with Crippen LogP contribution < -0.4 is 0 Å². The van der Waals surface area contributed by atoms with Crippen LogP contribution >= 0.6 is 0 Å². The molecular formula is C21H43NO4S. The Labute approximate surface area is 168 Å². The molecule has 1 unspecified atom stereocenters. The zero-order valence-corrected chi connectivity index (χ0v) is 18.4. The number of rotatable bonds is 16. The van der Waals surface area contributed by atoms with Gasteiger partial charge in [-0.15, -0.1) is 0 Å². The van der Waals surface area contributed by atoms with Gasteiger partial charge in [-0.2, -0.15) is 8.42 Å². The summed E-state index contributed by atoms with van der Waals surface area (Å²) in [6.45, 7) is 5.45. The van der Waals surface area contributed by atoms with Gasteiger partial charge in [0.05, 0.1) is 6.10 Å². The fourth-order valence-electron chi connectivity index (χ4n) is 3.83. The van der Waals surface area contributed by atoms with E-state index in [2.05, 4.69) is 11.8 Å². The maximum absolute atomic E-state index is 11.3. The normalized spacial score (nSPS) is 17.7. The molecule has 1 N–H and O–H groups in total. The zero-order valence-electron chi connectivity index (χ0n) is 17.5. The molecule has 6 heteroatoms. The molecule has 1 fully saturated rings. The van der Waals surface area contributed by atoms with E-state index in [4.69, 9.17) is 4.74 Å². The molecule has 1 atom stereocenters. The minimum atomic E-state index is -4.00. The summed E-state index contributed by atoms with van der Waals surface area (Å²) in [4.78, 5) is 2.29. The van der Waals surface area contributed by atoms with Crippen molar-refractivity contribution < 1.29 is 17.7 Å². The van der Waals surface area contributed by atoms with E-state index in [1.54, 1.807) is 0 Å². The lowest BCUT2D eigenvalue weighted by Crippen LogP contribution is -2.38. The Morgan fingerprint density at radius 3 is 1.89 bits per heavy atom. The van der Waals surface area contributed by atoms with Gasteiger partial charge >= 0.3 is 0 Å². The van der Waals surface area contributed by atoms with Crippen molar-refractivity contribution in [1.82, 2.24) is 4.90 Å². The molecule has 0 amide bonds. The third-order valence-corrected chi connectivity index (χ3v) is 6.20. The number of ether oxygens (including phenoxy) is 1. The van der Waals surface area contributed by atoms with E-state index in [0.29, 0.717) is 13.2 Å². The van der Waals surface area contributed by atoms with Crippen molar-refractivity contribution in [2.75, 3.05) is 32.0 Å². The summed E-state index contributed by atoms with van der Waals surface area (Å²) in [5, 5.41) is 0. The quantitative estimate of drug-likeness (QED) is 0.287. The first-order chi connectivity index (χ1) is 13.0. The van der Waals surface area contributed by atoms with Gasteiger partial charge in [-0.05, 0) is 32.4 Å². The van der Waals surface area contributed by atoms with Crippen LogP contribution in [0.2, 0.25) is 0 Å². The van der Waals surface area contributed by atoms with Crippen LogP contribution in [0.5, 0.6) is 0 Å². The van der Waals surface area contributed by atoms with E-state index in [1.807, 2.05) is 0 Å². The van der Waals surface area contributed by atoms with Gasteiger partial charge in [0.25, 0.3) is 10.1 Å². The minimum absolute atomic E-state index is 0.290. The molecule has 0 bridgehead atoms. The first-order valence-electron chi connectivity index (χ1n) is 11.3. The van der Waals surface area contributed by atoms with Gasteiger partial charge < -0.3 is 9.64 Å². The van der Waals surface area contributed by atoms with Crippen molar-refractivity contribution in [3.8, 4) is 0 Å². The average Bonchev–Trinajstić information content (AvgIpc) is 2.87. The molecule has 1 heterocycles. The van der Waals surface area contributed by atoms with Crippen LogP contribution in [0.3, 0.4) is 0 Å². The monoisotopic (exact) mass is 405 g/mol. The number of likely N-dealkylation sites (tertiary alicyclic amines) is 1. The highest BCUT2D eigenvalue weighted by atomic mass is 32.2. The summed E-state index contributed by atoms with van der Waals surface area (Å²) in [5.41, 5.74) is 0. The summed E-state index contributed by atoms with van der Waals surface area (Å²) in [6.07, 6.45) is 17.1. The summed E-state index contributed by atoms with van der Waals surface area (Å²) in [7, 11) is -4.00. The lowest BCUT2D eigenvalue weighted by Gasteiger charge is -2.25. The molecule has 0 saturated carbocycles. The molecule has 5 nitrogen and oxygen atoms in total. The van der Waals surface area contributed by atoms with Crippen LogP contribution in [0.1, 0.15) is 96.8 Å². The van der Waals surface area contributed by atoms with Crippen molar-refractivity contribution in [2.24, 2.45) is 0 Å². The summed E-state index contributed by atoms with van der Waals surface area (Å²) in [5.74, 6) is -0.290. The maximum atomic E-state index is 11.3. The molecule has 1 saturated heterocycles. The number of hydrogen-bond acceptors (Lipinski definition) is 4. The molecule has 1 aliphatic heterocycles. The van der Waals surface area contributed by atoms with Crippen LogP contribution in [0.25, 0.3) is 0 Å². The minimum Gasteiger partial charge on any atom is -0.376 e. The maximum Gasteiger partial charge on any atom is 0.267 e. The van der Waals surface area contributed by atoms with Crippen LogP contribution in [0, 0.1) is 0 Å². The van der Waals surface area contributed by atoms with Crippen LogP contribution in [0.15, 0.2) is 0 Å². The molecule has 1 aliphatic rings. The van der Waals surface area contributed by atoms with Crippen molar-refractivity contribution >= 4 is 10.1 Å². The Bertz CT molecular complexity index is 433. The van der Waals surface area contributed by atoms with Crippen LogP contribution in [0.4, 0.5) is 0 Å². The number of unbranched alkanes of at least 4 members (excludes halogenated alkanes) is 9. The fourth-order valence-corrected chi connectivity index (χ4v) is 4.51. The molecule has 27 heavy (non-hydrogen) atoms. The highest BCUT2D eigenvalue weighted by molar-refractivity contribution is 7.85. The number of nitrogens with zero attached hydrogens (tertiary/aromatic N) is 1. The lowest BCUT2D eigenvalue weighted by atomic mass is 10.1. The first-order valence-corrected chi connectivity index (χ1v) is 12.9. The van der Waals surface area contributed by atoms with Gasteiger partial charge in [-0.1, -0.05) is 77.6 Å². The van der Waals surface area contributed by atoms with Gasteiger partial charge in [0, 0.05) is 13.2 Å². The van der Waals surface area contributed by atoms with Gasteiger partial charge in [0.15, 0.2) is 0 Å². The Morgan fingerprint density at radius 1 is 0.852 bits per heavy atom. The Balaban J connectivity index is 2.14. The Kier molecular flexibility index (Phi) is 14.5. The van der Waals surface area contributed by atoms with E-state index in [9.17, 15) is 13.0 Å². The van der Waals surface area contributed by atoms with Crippen LogP contribution in [-0.4, -0.2) is 56.0 Å². The van der Waals surface area contributed by atoms with E-state index in [1.165, 1.54) is 64.2 Å². The molecule has 0 spiro atoms. The molecular weight excluding hydrogens is 362 g/mol. The molecule has 0 radical (unpaired) electrons. The second kappa shape index (κ2) is 15.7. The third-order valence-electron chi connectivity index (χ3n) is 5.41. The van der Waals surface area contributed by atoms with E-state index in [0.717, 1.165) is 38.8 Å². The number of hydrogen-bond donors (Lipinski definition) is 1. The standard InChI is InChI=1S/C21H43NO4S/c1-2-3-4-5-6-7-8-9-12-15-18-26-21(20-27(23,24)25)19-22-16-13-10-11-14-17-22/h21H,2-20H2,1H3,(H,23,24,25). The Hall–Kier alpha value is -0.170.